The molecule has 17 nitrogen and oxygen atoms in total. The Labute approximate surface area is 350 Å². The van der Waals surface area contributed by atoms with Crippen LogP contribution in [0.1, 0.15) is 136 Å². The van der Waals surface area contributed by atoms with Gasteiger partial charge in [0.05, 0.1) is 27.4 Å². The lowest BCUT2D eigenvalue weighted by molar-refractivity contribution is -0.163. The minimum atomic E-state index is -5.12. The summed E-state index contributed by atoms with van der Waals surface area (Å²) in [6.07, 6.45) is 7.61. The largest absolute Gasteiger partial charge is 0.438 e. The van der Waals surface area contributed by atoms with Crippen LogP contribution in [0, 0.1) is 21.7 Å². The van der Waals surface area contributed by atoms with Gasteiger partial charge >= 0.3 is 39.1 Å². The zero-order chi connectivity index (χ0) is 45.7. The van der Waals surface area contributed by atoms with Gasteiger partial charge in [-0.05, 0) is 130 Å². The van der Waals surface area contributed by atoms with Crippen LogP contribution in [-0.4, -0.2) is 70.9 Å². The number of hydrogen-bond acceptors (Lipinski definition) is 16. The molecular weight excluding hydrogens is 808 g/mol. The van der Waals surface area contributed by atoms with Crippen LogP contribution in [0.2, 0.25) is 0 Å². The van der Waals surface area contributed by atoms with Crippen LogP contribution in [0.15, 0.2) is 29.5 Å². The van der Waals surface area contributed by atoms with Gasteiger partial charge in [-0.3, -0.25) is 51.1 Å². The van der Waals surface area contributed by atoms with Gasteiger partial charge in [0.15, 0.2) is 4.90 Å². The number of hydrogen-bond donors (Lipinski definition) is 0. The van der Waals surface area contributed by atoms with Crippen LogP contribution in [-0.2, 0) is 78.3 Å². The molecule has 0 spiro atoms. The summed E-state index contributed by atoms with van der Waals surface area (Å²) in [6, 6.07) is 0. The van der Waals surface area contributed by atoms with Gasteiger partial charge in [-0.25, -0.2) is 0 Å². The Balaban J connectivity index is 3.89. The first-order valence-electron chi connectivity index (χ1n) is 19.4. The van der Waals surface area contributed by atoms with Gasteiger partial charge in [0.25, 0.3) is 0 Å². The maximum atomic E-state index is 15.4. The van der Waals surface area contributed by atoms with Crippen LogP contribution in [0.3, 0.4) is 0 Å². The molecule has 0 amide bonds. The summed E-state index contributed by atoms with van der Waals surface area (Å²) in [5.74, 6) is -2.97. The lowest BCUT2D eigenvalue weighted by atomic mass is 9.98. The number of nitrogens with zero attached hydrogens (tertiary/aromatic N) is 3. The second-order valence-electron chi connectivity index (χ2n) is 18.7. The molecular formula is C40H69N3O14P2. The SMILES string of the molecule is CC(C)=CCC/C(C)=C/CCn1cc(CC(C)(P(=O)(OCOC(=O)C(C)(C)C)OCOC(=O)C(C)(C)C)P(=O)(OCOC(=O)C(C)(C)C)OCOC(=O)C(C)(C)C)nn1. The van der Waals surface area contributed by atoms with E-state index in [2.05, 4.69) is 22.5 Å². The van der Waals surface area contributed by atoms with Gasteiger partial charge in [-0.1, -0.05) is 28.5 Å². The standard InChI is InChI=1S/C40H69N3O14P2/c1-29(2)19-17-20-30(3)21-18-22-43-24-31(41-42-43)23-40(16,58(48,54-25-50-32(44)36(4,5)6)55-26-51-33(45)37(7,8)9)59(49,56-27-52-34(46)38(10,11)12)57-28-53-35(47)39(13,14)15/h19,21,24H,17-18,20,22-23,25-28H2,1-16H3/b30-21+. The van der Waals surface area contributed by atoms with Crippen molar-refractivity contribution in [3.8, 4) is 0 Å². The molecule has 1 heterocycles. The van der Waals surface area contributed by atoms with E-state index < -0.39 is 99.2 Å². The highest BCUT2D eigenvalue weighted by Crippen LogP contribution is 2.78. The molecule has 0 N–H and O–H groups in total. The zero-order valence-electron chi connectivity index (χ0n) is 38.0. The van der Waals surface area contributed by atoms with E-state index in [1.165, 1.54) is 28.9 Å². The number of esters is 4. The average Bonchev–Trinajstić information content (AvgIpc) is 3.52. The first-order chi connectivity index (χ1) is 26.8. The van der Waals surface area contributed by atoms with Gasteiger partial charge < -0.3 is 18.9 Å². The monoisotopic (exact) mass is 877 g/mol. The second-order valence-corrected chi connectivity index (χ2v) is 24.1. The number of rotatable bonds is 22. The predicted molar refractivity (Wildman–Crippen MR) is 220 cm³/mol. The Bertz CT molecular complexity index is 1580. The summed E-state index contributed by atoms with van der Waals surface area (Å²) in [5.41, 5.74) is -1.48. The summed E-state index contributed by atoms with van der Waals surface area (Å²) in [4.78, 5) is 48.5. The van der Waals surface area contributed by atoms with Crippen molar-refractivity contribution >= 4 is 39.1 Å². The molecule has 0 aliphatic rings. The average molecular weight is 878 g/mol. The van der Waals surface area contributed by atoms with Crippen molar-refractivity contribution in [1.29, 1.82) is 0 Å². The van der Waals surface area contributed by atoms with Gasteiger partial charge in [0.2, 0.25) is 27.2 Å². The van der Waals surface area contributed by atoms with E-state index in [4.69, 9.17) is 37.0 Å². The van der Waals surface area contributed by atoms with Gasteiger partial charge in [-0.2, -0.15) is 0 Å². The number of allylic oxidation sites excluding steroid dienone is 4. The quantitative estimate of drug-likeness (QED) is 0.0350. The molecule has 0 saturated heterocycles. The van der Waals surface area contributed by atoms with Crippen molar-refractivity contribution in [2.45, 2.75) is 148 Å². The second kappa shape index (κ2) is 22.1. The van der Waals surface area contributed by atoms with Gasteiger partial charge in [0.1, 0.15) is 0 Å². The van der Waals surface area contributed by atoms with E-state index in [0.717, 1.165) is 12.8 Å². The predicted octanol–water partition coefficient (Wildman–Crippen LogP) is 9.26. The van der Waals surface area contributed by atoms with Crippen molar-refractivity contribution in [2.24, 2.45) is 21.7 Å². The maximum Gasteiger partial charge on any atom is 0.354 e. The van der Waals surface area contributed by atoms with Crippen LogP contribution in [0.5, 0.6) is 0 Å². The fourth-order valence-corrected chi connectivity index (χ4v) is 9.07. The summed E-state index contributed by atoms with van der Waals surface area (Å²) in [5, 5.41) is 8.44. The maximum absolute atomic E-state index is 15.4. The first-order valence-corrected chi connectivity index (χ1v) is 22.5. The van der Waals surface area contributed by atoms with Crippen molar-refractivity contribution in [1.82, 2.24) is 15.0 Å². The minimum absolute atomic E-state index is 0.105. The number of aromatic nitrogens is 3. The van der Waals surface area contributed by atoms with Crippen LogP contribution >= 0.6 is 15.2 Å². The summed E-state index contributed by atoms with van der Waals surface area (Å²) < 4.78 is 76.4. The molecule has 59 heavy (non-hydrogen) atoms. The highest BCUT2D eigenvalue weighted by atomic mass is 31.2. The number of carbonyl (C=O) groups excluding carboxylic acids is 4. The normalized spacial score (nSPS) is 13.5. The van der Waals surface area contributed by atoms with E-state index in [9.17, 15) is 19.2 Å². The molecule has 1 aromatic rings. The van der Waals surface area contributed by atoms with E-state index in [0.29, 0.717) is 13.0 Å². The van der Waals surface area contributed by atoms with Crippen molar-refractivity contribution in [3.63, 3.8) is 0 Å². The third-order valence-corrected chi connectivity index (χ3v) is 14.3. The first kappa shape index (κ1) is 53.8. The Kier molecular flexibility index (Phi) is 20.1. The molecule has 0 aromatic carbocycles. The van der Waals surface area contributed by atoms with Crippen LogP contribution in [0.4, 0.5) is 0 Å². The smallest absolute Gasteiger partial charge is 0.354 e. The zero-order valence-corrected chi connectivity index (χ0v) is 39.8. The molecule has 0 radical (unpaired) electrons. The molecule has 1 rings (SSSR count). The van der Waals surface area contributed by atoms with Crippen molar-refractivity contribution < 1.29 is 65.4 Å². The van der Waals surface area contributed by atoms with Crippen molar-refractivity contribution in [2.75, 3.05) is 27.2 Å². The molecule has 0 saturated carbocycles. The molecule has 0 fully saturated rings. The highest BCUT2D eigenvalue weighted by Gasteiger charge is 2.63. The van der Waals surface area contributed by atoms with Gasteiger partial charge in [-0.15, -0.1) is 5.10 Å². The fraction of sp³-hybridized carbons (Fsp3) is 0.750. The fourth-order valence-electron chi connectivity index (χ4n) is 4.44. The summed E-state index contributed by atoms with van der Waals surface area (Å²) in [6.45, 7) is 22.8. The lowest BCUT2D eigenvalue weighted by Gasteiger charge is -2.39. The molecule has 1 aromatic heterocycles. The number of carbonyl (C=O) groups is 4. The third-order valence-electron chi connectivity index (χ3n) is 8.32. The van der Waals surface area contributed by atoms with Crippen molar-refractivity contribution in [3.05, 3.63) is 35.2 Å². The van der Waals surface area contributed by atoms with E-state index in [1.54, 1.807) is 83.1 Å². The Hall–Kier alpha value is -3.20. The molecule has 338 valence electrons. The number of aryl methyl sites for hydroxylation is 1. The molecule has 0 aliphatic heterocycles. The van der Waals surface area contributed by atoms with Crippen LogP contribution < -0.4 is 0 Å². The van der Waals surface area contributed by atoms with E-state index in [1.807, 2.05) is 20.8 Å². The molecule has 0 unspecified atom stereocenters. The van der Waals surface area contributed by atoms with Gasteiger partial charge in [0, 0.05) is 19.2 Å². The molecule has 19 heteroatoms. The Morgan fingerprint density at radius 2 is 0.949 bits per heavy atom. The number of ether oxygens (including phenoxy) is 4. The van der Waals surface area contributed by atoms with E-state index in [-0.39, 0.29) is 5.69 Å². The molecule has 0 bridgehead atoms. The topological polar surface area (TPSA) is 207 Å². The Morgan fingerprint density at radius 3 is 1.27 bits per heavy atom. The summed E-state index contributed by atoms with van der Waals surface area (Å²) >= 11 is 0. The molecule has 0 aliphatic carbocycles. The Morgan fingerprint density at radius 1 is 0.593 bits per heavy atom. The summed E-state index contributed by atoms with van der Waals surface area (Å²) in [7, 11) is -10.2. The van der Waals surface area contributed by atoms with Crippen LogP contribution in [0.25, 0.3) is 0 Å². The minimum Gasteiger partial charge on any atom is -0.438 e. The third kappa shape index (κ3) is 17.7. The highest BCUT2D eigenvalue weighted by molar-refractivity contribution is 7.74. The van der Waals surface area contributed by atoms with E-state index >= 15 is 9.13 Å². The lowest BCUT2D eigenvalue weighted by Crippen LogP contribution is -2.35. The molecule has 0 atom stereocenters.